The van der Waals surface area contributed by atoms with Gasteiger partial charge in [0, 0.05) is 51.2 Å². The van der Waals surface area contributed by atoms with Crippen molar-refractivity contribution in [2.24, 2.45) is 0 Å². The molecule has 0 aromatic carbocycles. The Hall–Kier alpha value is -2.48. The van der Waals surface area contributed by atoms with Crippen molar-refractivity contribution in [3.8, 4) is 0 Å². The molecule has 0 atom stereocenters. The second-order valence-corrected chi connectivity index (χ2v) is 6.18. The molecule has 0 spiro atoms. The number of aromatic nitrogens is 1. The van der Waals surface area contributed by atoms with E-state index in [1.54, 1.807) is 23.2 Å². The van der Waals surface area contributed by atoms with Crippen LogP contribution in [0.25, 0.3) is 0 Å². The molecule has 2 aliphatic heterocycles. The molecule has 2 fully saturated rings. The van der Waals surface area contributed by atoms with Crippen LogP contribution in [0.15, 0.2) is 18.3 Å². The molecule has 0 saturated carbocycles. The highest BCUT2D eigenvalue weighted by Gasteiger charge is 2.31. The van der Waals surface area contributed by atoms with Crippen LogP contribution in [0.1, 0.15) is 16.1 Å². The van der Waals surface area contributed by atoms with E-state index in [0.29, 0.717) is 58.0 Å². The minimum absolute atomic E-state index is 0.0981. The third kappa shape index (κ3) is 3.96. The quantitative estimate of drug-likeness (QED) is 0.642. The fraction of sp³-hybridized carbons (Fsp3) is 0.529. The van der Waals surface area contributed by atoms with Gasteiger partial charge in [0.2, 0.25) is 0 Å². The summed E-state index contributed by atoms with van der Waals surface area (Å²) in [5, 5.41) is 0. The van der Waals surface area contributed by atoms with E-state index in [1.165, 1.54) is 9.80 Å². The molecule has 8 heteroatoms. The molecular weight excluding hydrogens is 324 g/mol. The number of pyridine rings is 1. The summed E-state index contributed by atoms with van der Waals surface area (Å²) < 4.78 is 5.20. The monoisotopic (exact) mass is 346 g/mol. The van der Waals surface area contributed by atoms with Crippen molar-refractivity contribution >= 4 is 17.7 Å². The van der Waals surface area contributed by atoms with Crippen LogP contribution in [0.2, 0.25) is 0 Å². The van der Waals surface area contributed by atoms with E-state index >= 15 is 0 Å². The SMILES string of the molecule is Cc1ccc(C(=O)N2CCN(C(=O)C(=O)N3CCOCC3)CC2)cn1. The second kappa shape index (κ2) is 7.60. The first-order valence-corrected chi connectivity index (χ1v) is 8.44. The number of carbonyl (C=O) groups excluding carboxylic acids is 3. The number of rotatable bonds is 1. The number of piperazine rings is 1. The summed E-state index contributed by atoms with van der Waals surface area (Å²) in [4.78, 5) is 46.0. The molecule has 0 N–H and O–H groups in total. The Kier molecular flexibility index (Phi) is 5.28. The van der Waals surface area contributed by atoms with Gasteiger partial charge in [-0.15, -0.1) is 0 Å². The van der Waals surface area contributed by atoms with Gasteiger partial charge in [-0.1, -0.05) is 0 Å². The van der Waals surface area contributed by atoms with Gasteiger partial charge in [0.15, 0.2) is 0 Å². The van der Waals surface area contributed by atoms with Crippen molar-refractivity contribution in [2.75, 3.05) is 52.5 Å². The number of ether oxygens (including phenoxy) is 1. The minimum Gasteiger partial charge on any atom is -0.378 e. The van der Waals surface area contributed by atoms with Gasteiger partial charge in [-0.3, -0.25) is 19.4 Å². The van der Waals surface area contributed by atoms with Crippen molar-refractivity contribution in [3.05, 3.63) is 29.6 Å². The molecule has 0 radical (unpaired) electrons. The van der Waals surface area contributed by atoms with Crippen molar-refractivity contribution in [2.45, 2.75) is 6.92 Å². The van der Waals surface area contributed by atoms with E-state index in [-0.39, 0.29) is 5.91 Å². The molecular formula is C17H22N4O4. The smallest absolute Gasteiger partial charge is 0.312 e. The summed E-state index contributed by atoms with van der Waals surface area (Å²) in [6, 6.07) is 3.55. The van der Waals surface area contributed by atoms with Crippen molar-refractivity contribution in [3.63, 3.8) is 0 Å². The maximum Gasteiger partial charge on any atom is 0.312 e. The molecule has 1 aromatic rings. The van der Waals surface area contributed by atoms with Gasteiger partial charge < -0.3 is 19.4 Å². The lowest BCUT2D eigenvalue weighted by Gasteiger charge is -2.35. The summed E-state index contributed by atoms with van der Waals surface area (Å²) in [7, 11) is 0. The highest BCUT2D eigenvalue weighted by atomic mass is 16.5. The third-order valence-electron chi connectivity index (χ3n) is 4.49. The van der Waals surface area contributed by atoms with Crippen LogP contribution < -0.4 is 0 Å². The summed E-state index contributed by atoms with van der Waals surface area (Å²) in [5.74, 6) is -1.07. The number of aryl methyl sites for hydroxylation is 1. The summed E-state index contributed by atoms with van der Waals surface area (Å²) in [6.07, 6.45) is 1.57. The zero-order valence-electron chi connectivity index (χ0n) is 14.3. The van der Waals surface area contributed by atoms with Crippen molar-refractivity contribution in [1.82, 2.24) is 19.7 Å². The average molecular weight is 346 g/mol. The first-order chi connectivity index (χ1) is 12.1. The largest absolute Gasteiger partial charge is 0.378 e. The van der Waals surface area contributed by atoms with Crippen LogP contribution in [-0.4, -0.2) is 89.9 Å². The van der Waals surface area contributed by atoms with E-state index in [1.807, 2.05) is 6.92 Å². The lowest BCUT2D eigenvalue weighted by Crippen LogP contribution is -2.55. The van der Waals surface area contributed by atoms with Gasteiger partial charge in [-0.05, 0) is 19.1 Å². The molecule has 3 heterocycles. The van der Waals surface area contributed by atoms with E-state index in [2.05, 4.69) is 4.98 Å². The Labute approximate surface area is 146 Å². The van der Waals surface area contributed by atoms with E-state index < -0.39 is 11.8 Å². The standard InChI is InChI=1S/C17H22N4O4/c1-13-2-3-14(12-18-13)15(22)19-4-6-20(7-5-19)16(23)17(24)21-8-10-25-11-9-21/h2-3,12H,4-11H2,1H3. The van der Waals surface area contributed by atoms with Crippen LogP contribution >= 0.6 is 0 Å². The van der Waals surface area contributed by atoms with Gasteiger partial charge >= 0.3 is 11.8 Å². The van der Waals surface area contributed by atoms with Gasteiger partial charge in [0.1, 0.15) is 0 Å². The first kappa shape index (κ1) is 17.3. The fourth-order valence-electron chi connectivity index (χ4n) is 2.93. The van der Waals surface area contributed by atoms with Crippen LogP contribution in [0.4, 0.5) is 0 Å². The second-order valence-electron chi connectivity index (χ2n) is 6.18. The Morgan fingerprint density at radius 3 is 2.00 bits per heavy atom. The number of nitrogens with zero attached hydrogens (tertiary/aromatic N) is 4. The van der Waals surface area contributed by atoms with E-state index in [9.17, 15) is 14.4 Å². The van der Waals surface area contributed by atoms with Crippen LogP contribution in [0.3, 0.4) is 0 Å². The highest BCUT2D eigenvalue weighted by molar-refractivity contribution is 6.34. The fourth-order valence-corrected chi connectivity index (χ4v) is 2.93. The number of hydrogen-bond acceptors (Lipinski definition) is 5. The van der Waals surface area contributed by atoms with E-state index in [0.717, 1.165) is 5.69 Å². The minimum atomic E-state index is -0.494. The maximum absolute atomic E-state index is 12.5. The number of amides is 3. The number of hydrogen-bond donors (Lipinski definition) is 0. The summed E-state index contributed by atoms with van der Waals surface area (Å²) >= 11 is 0. The highest BCUT2D eigenvalue weighted by Crippen LogP contribution is 2.10. The lowest BCUT2D eigenvalue weighted by atomic mass is 10.2. The normalized spacial score (nSPS) is 18.2. The Morgan fingerprint density at radius 2 is 1.44 bits per heavy atom. The molecule has 0 unspecified atom stereocenters. The molecule has 2 aliphatic rings. The van der Waals surface area contributed by atoms with Crippen LogP contribution in [0.5, 0.6) is 0 Å². The van der Waals surface area contributed by atoms with Gasteiger partial charge in [0.05, 0.1) is 18.8 Å². The molecule has 3 rings (SSSR count). The van der Waals surface area contributed by atoms with Gasteiger partial charge in [-0.2, -0.15) is 0 Å². The Balaban J connectivity index is 1.54. The first-order valence-electron chi connectivity index (χ1n) is 8.44. The zero-order valence-corrected chi connectivity index (χ0v) is 14.3. The zero-order chi connectivity index (χ0) is 17.8. The molecule has 3 amide bonds. The van der Waals surface area contributed by atoms with E-state index in [4.69, 9.17) is 4.74 Å². The predicted molar refractivity (Wildman–Crippen MR) is 88.9 cm³/mol. The number of carbonyl (C=O) groups is 3. The molecule has 25 heavy (non-hydrogen) atoms. The predicted octanol–water partition coefficient (Wildman–Crippen LogP) is -0.467. The molecule has 134 valence electrons. The van der Waals surface area contributed by atoms with Gasteiger partial charge in [-0.25, -0.2) is 0 Å². The lowest BCUT2D eigenvalue weighted by molar-refractivity contribution is -0.154. The maximum atomic E-state index is 12.5. The molecule has 0 bridgehead atoms. The van der Waals surface area contributed by atoms with Crippen molar-refractivity contribution in [1.29, 1.82) is 0 Å². The Morgan fingerprint density at radius 1 is 0.880 bits per heavy atom. The van der Waals surface area contributed by atoms with Crippen LogP contribution in [0, 0.1) is 6.92 Å². The molecule has 0 aliphatic carbocycles. The average Bonchev–Trinajstić information content (AvgIpc) is 2.67. The third-order valence-corrected chi connectivity index (χ3v) is 4.49. The Bertz CT molecular complexity index is 647. The summed E-state index contributed by atoms with van der Waals surface area (Å²) in [6.45, 7) is 5.23. The molecule has 8 nitrogen and oxygen atoms in total. The van der Waals surface area contributed by atoms with Crippen molar-refractivity contribution < 1.29 is 19.1 Å². The van der Waals surface area contributed by atoms with Crippen LogP contribution in [-0.2, 0) is 14.3 Å². The molecule has 2 saturated heterocycles. The van der Waals surface area contributed by atoms with Gasteiger partial charge in [0.25, 0.3) is 5.91 Å². The number of morpholine rings is 1. The molecule has 1 aromatic heterocycles. The summed E-state index contributed by atoms with van der Waals surface area (Å²) in [5.41, 5.74) is 1.39. The topological polar surface area (TPSA) is 83.1 Å².